The molecule has 154 valence electrons. The third-order valence-electron chi connectivity index (χ3n) is 6.15. The first-order valence-corrected chi connectivity index (χ1v) is 10.5. The number of anilines is 1. The van der Waals surface area contributed by atoms with Crippen LogP contribution in [0.5, 0.6) is 0 Å². The molecule has 6 heteroatoms. The molecule has 3 aliphatic rings. The van der Waals surface area contributed by atoms with Crippen molar-refractivity contribution in [1.29, 1.82) is 0 Å². The number of carbonyl (C=O) groups is 2. The number of hydrogen-bond acceptors (Lipinski definition) is 4. The highest BCUT2D eigenvalue weighted by Gasteiger charge is 2.44. The van der Waals surface area contributed by atoms with Crippen LogP contribution in [0.3, 0.4) is 0 Å². The first-order valence-electron chi connectivity index (χ1n) is 10.5. The van der Waals surface area contributed by atoms with E-state index in [9.17, 15) is 9.59 Å². The van der Waals surface area contributed by atoms with E-state index in [-0.39, 0.29) is 12.1 Å². The van der Waals surface area contributed by atoms with Crippen LogP contribution in [0.15, 0.2) is 65.9 Å². The quantitative estimate of drug-likeness (QED) is 0.778. The molecule has 2 heterocycles. The maximum atomic E-state index is 13.2. The van der Waals surface area contributed by atoms with E-state index in [1.807, 2.05) is 36.4 Å². The molecule has 5 rings (SSSR count). The van der Waals surface area contributed by atoms with Gasteiger partial charge in [-0.2, -0.15) is 0 Å². The zero-order valence-electron chi connectivity index (χ0n) is 17.0. The normalized spacial score (nSPS) is 20.8. The lowest BCUT2D eigenvalue weighted by Crippen LogP contribution is -2.51. The average Bonchev–Trinajstić information content (AvgIpc) is 3.54. The lowest BCUT2D eigenvalue weighted by Gasteiger charge is -2.38. The van der Waals surface area contributed by atoms with E-state index in [0.29, 0.717) is 12.1 Å². The van der Waals surface area contributed by atoms with E-state index < -0.39 is 12.0 Å². The fourth-order valence-corrected chi connectivity index (χ4v) is 4.56. The summed E-state index contributed by atoms with van der Waals surface area (Å²) in [5.74, 6) is -0.392. The molecular formula is C24H25N3O3. The van der Waals surface area contributed by atoms with Gasteiger partial charge in [-0.05, 0) is 36.5 Å². The summed E-state index contributed by atoms with van der Waals surface area (Å²) in [7, 11) is 1.40. The number of benzene rings is 2. The molecule has 2 aromatic rings. The number of nitrogens with zero attached hydrogens (tertiary/aromatic N) is 2. The Kier molecular flexibility index (Phi) is 4.69. The number of hydrogen-bond donors (Lipinski definition) is 1. The van der Waals surface area contributed by atoms with Gasteiger partial charge in [0.15, 0.2) is 0 Å². The number of fused-ring (bicyclic) bond motifs is 1. The molecule has 1 saturated carbocycles. The van der Waals surface area contributed by atoms with Crippen molar-refractivity contribution in [2.75, 3.05) is 25.1 Å². The molecule has 1 N–H and O–H groups in total. The van der Waals surface area contributed by atoms with Gasteiger partial charge in [0.25, 0.3) is 0 Å². The third kappa shape index (κ3) is 3.22. The number of methoxy groups -OCH3 is 1. The SMILES string of the molecule is COC(=O)C1=C(CN2CCc3ccccc32)N(C2CC2)C(=O)N[C@H]1c1ccccc1. The van der Waals surface area contributed by atoms with Crippen LogP contribution in [-0.4, -0.2) is 43.1 Å². The number of amides is 2. The number of ether oxygens (including phenoxy) is 1. The van der Waals surface area contributed by atoms with Crippen molar-refractivity contribution in [1.82, 2.24) is 10.2 Å². The Bertz CT molecular complexity index is 1010. The van der Waals surface area contributed by atoms with E-state index in [4.69, 9.17) is 4.74 Å². The highest BCUT2D eigenvalue weighted by Crippen LogP contribution is 2.39. The minimum Gasteiger partial charge on any atom is -0.466 e. The second kappa shape index (κ2) is 7.52. The second-order valence-electron chi connectivity index (χ2n) is 8.05. The summed E-state index contributed by atoms with van der Waals surface area (Å²) < 4.78 is 5.20. The molecule has 1 fully saturated rings. The summed E-state index contributed by atoms with van der Waals surface area (Å²) in [5.41, 5.74) is 4.64. The minimum absolute atomic E-state index is 0.138. The minimum atomic E-state index is -0.519. The maximum absolute atomic E-state index is 13.2. The molecule has 1 atom stereocenters. The van der Waals surface area contributed by atoms with E-state index in [1.54, 1.807) is 4.90 Å². The van der Waals surface area contributed by atoms with Crippen LogP contribution in [0, 0.1) is 0 Å². The lowest BCUT2D eigenvalue weighted by molar-refractivity contribution is -0.136. The number of esters is 1. The van der Waals surface area contributed by atoms with Crippen molar-refractivity contribution >= 4 is 17.7 Å². The van der Waals surface area contributed by atoms with E-state index >= 15 is 0 Å². The number of urea groups is 1. The van der Waals surface area contributed by atoms with Gasteiger partial charge in [0.05, 0.1) is 31.0 Å². The summed E-state index contributed by atoms with van der Waals surface area (Å²) in [5, 5.41) is 3.05. The van der Waals surface area contributed by atoms with Crippen molar-refractivity contribution < 1.29 is 14.3 Å². The fraction of sp³-hybridized carbons (Fsp3) is 0.333. The smallest absolute Gasteiger partial charge is 0.338 e. The van der Waals surface area contributed by atoms with E-state index in [0.717, 1.165) is 37.1 Å². The Balaban J connectivity index is 1.61. The number of para-hydroxylation sites is 1. The summed E-state index contributed by atoms with van der Waals surface area (Å²) in [6, 6.07) is 17.5. The molecule has 2 amide bonds. The second-order valence-corrected chi connectivity index (χ2v) is 8.05. The summed E-state index contributed by atoms with van der Waals surface area (Å²) in [6.45, 7) is 1.38. The van der Waals surface area contributed by atoms with Crippen LogP contribution in [0.1, 0.15) is 30.0 Å². The molecule has 6 nitrogen and oxygen atoms in total. The molecule has 0 unspecified atom stereocenters. The van der Waals surface area contributed by atoms with E-state index in [2.05, 4.69) is 28.4 Å². The predicted molar refractivity (Wildman–Crippen MR) is 114 cm³/mol. The monoisotopic (exact) mass is 403 g/mol. The highest BCUT2D eigenvalue weighted by molar-refractivity contribution is 5.95. The zero-order valence-corrected chi connectivity index (χ0v) is 17.0. The molecule has 2 aliphatic heterocycles. The molecule has 30 heavy (non-hydrogen) atoms. The lowest BCUT2D eigenvalue weighted by atomic mass is 9.94. The Morgan fingerprint density at radius 3 is 2.57 bits per heavy atom. The molecule has 0 radical (unpaired) electrons. The summed E-state index contributed by atoms with van der Waals surface area (Å²) in [4.78, 5) is 30.2. The molecule has 0 aromatic heterocycles. The number of nitrogens with one attached hydrogen (secondary N) is 1. The predicted octanol–water partition coefficient (Wildman–Crippen LogP) is 3.41. The van der Waals surface area contributed by atoms with Gasteiger partial charge >= 0.3 is 12.0 Å². The largest absolute Gasteiger partial charge is 0.466 e. The average molecular weight is 403 g/mol. The van der Waals surface area contributed by atoms with Gasteiger partial charge in [-0.25, -0.2) is 9.59 Å². The Hall–Kier alpha value is -3.28. The molecule has 0 bridgehead atoms. The Labute approximate surface area is 176 Å². The van der Waals surface area contributed by atoms with Crippen molar-refractivity contribution in [3.8, 4) is 0 Å². The molecule has 1 aliphatic carbocycles. The van der Waals surface area contributed by atoms with Gasteiger partial charge in [0.2, 0.25) is 0 Å². The van der Waals surface area contributed by atoms with Crippen molar-refractivity contribution in [3.63, 3.8) is 0 Å². The van der Waals surface area contributed by atoms with Crippen LogP contribution in [0.4, 0.5) is 10.5 Å². The van der Waals surface area contributed by atoms with Gasteiger partial charge in [-0.15, -0.1) is 0 Å². The Morgan fingerprint density at radius 2 is 1.83 bits per heavy atom. The topological polar surface area (TPSA) is 61.9 Å². The first-order chi connectivity index (χ1) is 14.7. The van der Waals surface area contributed by atoms with E-state index in [1.165, 1.54) is 18.4 Å². The van der Waals surface area contributed by atoms with Gasteiger partial charge in [0, 0.05) is 18.3 Å². The molecule has 2 aromatic carbocycles. The van der Waals surface area contributed by atoms with Crippen LogP contribution in [0.25, 0.3) is 0 Å². The van der Waals surface area contributed by atoms with Crippen molar-refractivity contribution in [2.24, 2.45) is 0 Å². The van der Waals surface area contributed by atoms with Crippen molar-refractivity contribution in [3.05, 3.63) is 77.0 Å². The number of carbonyl (C=O) groups excluding carboxylic acids is 2. The van der Waals surface area contributed by atoms with Gasteiger partial charge < -0.3 is 15.0 Å². The van der Waals surface area contributed by atoms with Crippen LogP contribution >= 0.6 is 0 Å². The standard InChI is InChI=1S/C24H25N3O3/c1-30-23(28)21-20(15-26-14-13-16-7-5-6-10-19(16)26)27(18-11-12-18)24(29)25-22(21)17-8-3-2-4-9-17/h2-10,18,22H,11-15H2,1H3,(H,25,29)/t22-/m0/s1. The van der Waals surface area contributed by atoms with Crippen LogP contribution < -0.4 is 10.2 Å². The molecule has 0 spiro atoms. The molecular weight excluding hydrogens is 378 g/mol. The molecule has 0 saturated heterocycles. The maximum Gasteiger partial charge on any atom is 0.338 e. The van der Waals surface area contributed by atoms with Gasteiger partial charge in [0.1, 0.15) is 0 Å². The Morgan fingerprint density at radius 1 is 1.10 bits per heavy atom. The highest BCUT2D eigenvalue weighted by atomic mass is 16.5. The van der Waals surface area contributed by atoms with Crippen LogP contribution in [0.2, 0.25) is 0 Å². The van der Waals surface area contributed by atoms with Crippen molar-refractivity contribution in [2.45, 2.75) is 31.3 Å². The third-order valence-corrected chi connectivity index (χ3v) is 6.15. The van der Waals surface area contributed by atoms with Gasteiger partial charge in [-0.1, -0.05) is 48.5 Å². The number of rotatable bonds is 5. The fourth-order valence-electron chi connectivity index (χ4n) is 4.56. The summed E-state index contributed by atoms with van der Waals surface area (Å²) >= 11 is 0. The van der Waals surface area contributed by atoms with Crippen LogP contribution in [-0.2, 0) is 16.0 Å². The first kappa shape index (κ1) is 18.7. The zero-order chi connectivity index (χ0) is 20.7. The summed E-state index contributed by atoms with van der Waals surface area (Å²) in [6.07, 6.45) is 2.88. The van der Waals surface area contributed by atoms with Gasteiger partial charge in [-0.3, -0.25) is 4.90 Å².